The van der Waals surface area contributed by atoms with Gasteiger partial charge in [0.05, 0.1) is 36.7 Å². The summed E-state index contributed by atoms with van der Waals surface area (Å²) >= 11 is 0. The molecule has 1 heterocycles. The van der Waals surface area contributed by atoms with Crippen LogP contribution in [-0.2, 0) is 10.9 Å². The number of rotatable bonds is 6. The summed E-state index contributed by atoms with van der Waals surface area (Å²) in [6, 6.07) is 12.0. The minimum atomic E-state index is -4.50. The number of carbonyl (C=O) groups excluding carboxylic acids is 1. The average molecular weight is 423 g/mol. The van der Waals surface area contributed by atoms with E-state index in [0.717, 1.165) is 12.1 Å². The molecule has 1 saturated heterocycles. The van der Waals surface area contributed by atoms with Gasteiger partial charge in [0, 0.05) is 20.1 Å². The zero-order valence-electron chi connectivity index (χ0n) is 16.6. The minimum absolute atomic E-state index is 0.118. The molecule has 6 nitrogen and oxygen atoms in total. The maximum absolute atomic E-state index is 13.2. The molecule has 0 unspecified atom stereocenters. The average Bonchev–Trinajstić information content (AvgIpc) is 2.74. The standard InChI is InChI=1S/C21H24F3N3O3/c1-26(9-14-30-17-5-3-2-4-6-17)20(28)25-18-15-16(21(22,23)24)7-8-19(18)27-10-12-29-13-11-27/h2-8,15H,9-14H2,1H3,(H,25,28). The van der Waals surface area contributed by atoms with Crippen LogP contribution in [0.4, 0.5) is 29.3 Å². The number of hydrogen-bond donors (Lipinski definition) is 1. The van der Waals surface area contributed by atoms with Crippen molar-refractivity contribution in [3.05, 3.63) is 54.1 Å². The molecule has 3 rings (SSSR count). The highest BCUT2D eigenvalue weighted by Gasteiger charge is 2.32. The molecule has 0 aromatic heterocycles. The van der Waals surface area contributed by atoms with Crippen LogP contribution in [0.25, 0.3) is 0 Å². The Labute approximate surface area is 173 Å². The Balaban J connectivity index is 1.68. The van der Waals surface area contributed by atoms with E-state index in [1.54, 1.807) is 19.2 Å². The number of morpholine rings is 1. The van der Waals surface area contributed by atoms with Gasteiger partial charge in [-0.05, 0) is 30.3 Å². The molecular formula is C21H24F3N3O3. The van der Waals surface area contributed by atoms with E-state index in [1.807, 2.05) is 23.1 Å². The molecule has 2 aromatic carbocycles. The van der Waals surface area contributed by atoms with Gasteiger partial charge in [0.2, 0.25) is 0 Å². The predicted octanol–water partition coefficient (Wildman–Crippen LogP) is 4.08. The van der Waals surface area contributed by atoms with E-state index < -0.39 is 17.8 Å². The molecule has 1 aliphatic rings. The van der Waals surface area contributed by atoms with Crippen LogP contribution in [0.2, 0.25) is 0 Å². The normalized spacial score (nSPS) is 14.3. The summed E-state index contributed by atoms with van der Waals surface area (Å²) in [7, 11) is 1.56. The van der Waals surface area contributed by atoms with Crippen LogP contribution >= 0.6 is 0 Å². The highest BCUT2D eigenvalue weighted by Crippen LogP contribution is 2.35. The largest absolute Gasteiger partial charge is 0.492 e. The SMILES string of the molecule is CN(CCOc1ccccc1)C(=O)Nc1cc(C(F)(F)F)ccc1N1CCOCC1. The monoisotopic (exact) mass is 423 g/mol. The number of likely N-dealkylation sites (N-methyl/N-ethyl adjacent to an activating group) is 1. The maximum atomic E-state index is 13.2. The number of anilines is 2. The van der Waals surface area contributed by atoms with Crippen molar-refractivity contribution in [3.8, 4) is 5.75 Å². The van der Waals surface area contributed by atoms with Gasteiger partial charge in [-0.3, -0.25) is 0 Å². The smallest absolute Gasteiger partial charge is 0.416 e. The number of alkyl halides is 3. The number of ether oxygens (including phenoxy) is 2. The Morgan fingerprint density at radius 1 is 1.17 bits per heavy atom. The van der Waals surface area contributed by atoms with E-state index in [9.17, 15) is 18.0 Å². The van der Waals surface area contributed by atoms with Crippen molar-refractivity contribution < 1.29 is 27.4 Å². The van der Waals surface area contributed by atoms with Crippen molar-refractivity contribution in [1.82, 2.24) is 4.90 Å². The molecule has 1 fully saturated rings. The summed E-state index contributed by atoms with van der Waals surface area (Å²) in [5, 5.41) is 2.62. The number of nitrogens with zero attached hydrogens (tertiary/aromatic N) is 2. The minimum Gasteiger partial charge on any atom is -0.492 e. The third-order valence-electron chi connectivity index (χ3n) is 4.70. The number of para-hydroxylation sites is 1. The number of nitrogens with one attached hydrogen (secondary N) is 1. The van der Waals surface area contributed by atoms with E-state index in [0.29, 0.717) is 37.7 Å². The molecule has 0 spiro atoms. The Morgan fingerprint density at radius 3 is 2.53 bits per heavy atom. The highest BCUT2D eigenvalue weighted by molar-refractivity contribution is 5.93. The lowest BCUT2D eigenvalue weighted by Gasteiger charge is -2.31. The van der Waals surface area contributed by atoms with Gasteiger partial charge in [-0.15, -0.1) is 0 Å². The molecule has 9 heteroatoms. The molecule has 0 saturated carbocycles. The second-order valence-electron chi connectivity index (χ2n) is 6.84. The van der Waals surface area contributed by atoms with Crippen molar-refractivity contribution >= 4 is 17.4 Å². The Kier molecular flexibility index (Phi) is 7.04. The van der Waals surface area contributed by atoms with Crippen LogP contribution in [0.15, 0.2) is 48.5 Å². The maximum Gasteiger partial charge on any atom is 0.416 e. The van der Waals surface area contributed by atoms with E-state index in [1.165, 1.54) is 11.0 Å². The molecule has 162 valence electrons. The van der Waals surface area contributed by atoms with E-state index in [4.69, 9.17) is 9.47 Å². The van der Waals surface area contributed by atoms with Crippen molar-refractivity contribution in [1.29, 1.82) is 0 Å². The number of amides is 2. The van der Waals surface area contributed by atoms with E-state index in [-0.39, 0.29) is 18.8 Å². The van der Waals surface area contributed by atoms with Crippen LogP contribution in [0.1, 0.15) is 5.56 Å². The fourth-order valence-electron chi connectivity index (χ4n) is 3.02. The molecule has 2 amide bonds. The lowest BCUT2D eigenvalue weighted by molar-refractivity contribution is -0.137. The quantitative estimate of drug-likeness (QED) is 0.761. The number of halogens is 3. The van der Waals surface area contributed by atoms with Crippen molar-refractivity contribution in [3.63, 3.8) is 0 Å². The number of benzene rings is 2. The van der Waals surface area contributed by atoms with Crippen LogP contribution in [0.5, 0.6) is 5.75 Å². The summed E-state index contributed by atoms with van der Waals surface area (Å²) < 4.78 is 50.5. The second kappa shape index (κ2) is 9.71. The zero-order chi connectivity index (χ0) is 21.6. The first-order chi connectivity index (χ1) is 14.3. The summed E-state index contributed by atoms with van der Waals surface area (Å²) in [6.07, 6.45) is -4.50. The van der Waals surface area contributed by atoms with Crippen molar-refractivity contribution in [2.75, 3.05) is 56.7 Å². The van der Waals surface area contributed by atoms with Gasteiger partial charge in [0.15, 0.2) is 0 Å². The first-order valence-corrected chi connectivity index (χ1v) is 9.58. The second-order valence-corrected chi connectivity index (χ2v) is 6.84. The zero-order valence-corrected chi connectivity index (χ0v) is 16.6. The van der Waals surface area contributed by atoms with Crippen molar-refractivity contribution in [2.45, 2.75) is 6.18 Å². The molecule has 30 heavy (non-hydrogen) atoms. The third kappa shape index (κ3) is 5.79. The molecule has 2 aromatic rings. The van der Waals surface area contributed by atoms with Gasteiger partial charge in [0.1, 0.15) is 12.4 Å². The number of carbonyl (C=O) groups is 1. The van der Waals surface area contributed by atoms with Gasteiger partial charge in [0.25, 0.3) is 0 Å². The Hall–Kier alpha value is -2.94. The predicted molar refractivity (Wildman–Crippen MR) is 108 cm³/mol. The van der Waals surface area contributed by atoms with Crippen molar-refractivity contribution in [2.24, 2.45) is 0 Å². The first kappa shape index (κ1) is 21.8. The molecule has 0 bridgehead atoms. The molecule has 0 atom stereocenters. The molecular weight excluding hydrogens is 399 g/mol. The van der Waals surface area contributed by atoms with E-state index in [2.05, 4.69) is 5.32 Å². The highest BCUT2D eigenvalue weighted by atomic mass is 19.4. The van der Waals surface area contributed by atoms with Gasteiger partial charge >= 0.3 is 12.2 Å². The Bertz CT molecular complexity index is 840. The van der Waals surface area contributed by atoms with Gasteiger partial charge < -0.3 is 24.6 Å². The van der Waals surface area contributed by atoms with Crippen LogP contribution in [0.3, 0.4) is 0 Å². The lowest BCUT2D eigenvalue weighted by Crippen LogP contribution is -2.38. The van der Waals surface area contributed by atoms with Gasteiger partial charge in [-0.25, -0.2) is 4.79 Å². The van der Waals surface area contributed by atoms with Crippen LogP contribution in [0, 0.1) is 0 Å². The summed E-state index contributed by atoms with van der Waals surface area (Å²) in [6.45, 7) is 2.56. The third-order valence-corrected chi connectivity index (χ3v) is 4.70. The summed E-state index contributed by atoms with van der Waals surface area (Å²) in [4.78, 5) is 15.9. The molecule has 0 aliphatic carbocycles. The van der Waals surface area contributed by atoms with Crippen LogP contribution < -0.4 is 15.0 Å². The lowest BCUT2D eigenvalue weighted by atomic mass is 10.1. The van der Waals surface area contributed by atoms with Gasteiger partial charge in [-0.2, -0.15) is 13.2 Å². The number of hydrogen-bond acceptors (Lipinski definition) is 4. The van der Waals surface area contributed by atoms with E-state index >= 15 is 0 Å². The molecule has 0 radical (unpaired) electrons. The fourth-order valence-corrected chi connectivity index (χ4v) is 3.02. The fraction of sp³-hybridized carbons (Fsp3) is 0.381. The molecule has 1 N–H and O–H groups in total. The topological polar surface area (TPSA) is 54.0 Å². The molecule has 1 aliphatic heterocycles. The number of urea groups is 1. The van der Waals surface area contributed by atoms with Gasteiger partial charge in [-0.1, -0.05) is 18.2 Å². The first-order valence-electron chi connectivity index (χ1n) is 9.58. The summed E-state index contributed by atoms with van der Waals surface area (Å²) in [5.41, 5.74) is -0.161. The summed E-state index contributed by atoms with van der Waals surface area (Å²) in [5.74, 6) is 0.679. The Morgan fingerprint density at radius 2 is 1.87 bits per heavy atom. The van der Waals surface area contributed by atoms with Crippen LogP contribution in [-0.4, -0.2) is 57.4 Å².